The maximum atomic E-state index is 5.89. The lowest BCUT2D eigenvalue weighted by molar-refractivity contribution is 0.930. The Labute approximate surface area is 81.5 Å². The predicted molar refractivity (Wildman–Crippen MR) is 59.0 cm³/mol. The van der Waals surface area contributed by atoms with Gasteiger partial charge in [-0.3, -0.25) is 0 Å². The average molecular weight is 189 g/mol. The smallest absolute Gasteiger partial charge is 0.0493 e. The summed E-state index contributed by atoms with van der Waals surface area (Å²) in [5, 5.41) is 3.36. The molecule has 0 spiro atoms. The SMILES string of the molecule is C=C[C@@H](N)c1csc2ccccc12. The Kier molecular flexibility index (Phi) is 2.17. The van der Waals surface area contributed by atoms with Crippen molar-refractivity contribution in [3.63, 3.8) is 0 Å². The fraction of sp³-hybridized carbons (Fsp3) is 0.0909. The van der Waals surface area contributed by atoms with Crippen molar-refractivity contribution in [1.29, 1.82) is 0 Å². The van der Waals surface area contributed by atoms with Crippen LogP contribution in [-0.2, 0) is 0 Å². The monoisotopic (exact) mass is 189 g/mol. The Bertz CT molecular complexity index is 430. The van der Waals surface area contributed by atoms with Gasteiger partial charge in [-0.1, -0.05) is 24.3 Å². The van der Waals surface area contributed by atoms with E-state index in [9.17, 15) is 0 Å². The molecule has 0 amide bonds. The largest absolute Gasteiger partial charge is 0.321 e. The summed E-state index contributed by atoms with van der Waals surface area (Å²) in [5.74, 6) is 0. The lowest BCUT2D eigenvalue weighted by Crippen LogP contribution is -2.04. The van der Waals surface area contributed by atoms with Gasteiger partial charge < -0.3 is 5.73 Å². The van der Waals surface area contributed by atoms with Gasteiger partial charge in [-0.2, -0.15) is 0 Å². The van der Waals surface area contributed by atoms with Crippen LogP contribution in [0.2, 0.25) is 0 Å². The van der Waals surface area contributed by atoms with Crippen LogP contribution in [0.15, 0.2) is 42.3 Å². The van der Waals surface area contributed by atoms with Crippen LogP contribution in [0.25, 0.3) is 10.1 Å². The summed E-state index contributed by atoms with van der Waals surface area (Å²) in [5.41, 5.74) is 7.07. The van der Waals surface area contributed by atoms with Gasteiger partial charge in [0.15, 0.2) is 0 Å². The van der Waals surface area contributed by atoms with Crippen LogP contribution in [0, 0.1) is 0 Å². The molecule has 0 aliphatic rings. The molecule has 1 aromatic carbocycles. The molecule has 0 radical (unpaired) electrons. The lowest BCUT2D eigenvalue weighted by atomic mass is 10.1. The predicted octanol–water partition coefficient (Wildman–Crippen LogP) is 3.09. The standard InChI is InChI=1S/C11H11NS/c1-2-10(12)9-7-13-11-6-4-3-5-8(9)11/h2-7,10H,1,12H2/t10-/m1/s1. The third-order valence-corrected chi connectivity index (χ3v) is 3.11. The molecule has 66 valence electrons. The number of thiophene rings is 1. The van der Waals surface area contributed by atoms with Gasteiger partial charge in [-0.15, -0.1) is 17.9 Å². The molecule has 0 bridgehead atoms. The van der Waals surface area contributed by atoms with Gasteiger partial charge >= 0.3 is 0 Å². The van der Waals surface area contributed by atoms with E-state index < -0.39 is 0 Å². The fourth-order valence-corrected chi connectivity index (χ4v) is 2.39. The van der Waals surface area contributed by atoms with E-state index in [4.69, 9.17) is 5.73 Å². The number of benzene rings is 1. The Hall–Kier alpha value is -1.12. The van der Waals surface area contributed by atoms with E-state index in [1.807, 2.05) is 12.1 Å². The minimum Gasteiger partial charge on any atom is -0.321 e. The molecule has 0 aliphatic carbocycles. The van der Waals surface area contributed by atoms with Crippen LogP contribution >= 0.6 is 11.3 Å². The van der Waals surface area contributed by atoms with Crippen LogP contribution in [0.1, 0.15) is 11.6 Å². The molecule has 0 saturated carbocycles. The molecule has 0 aliphatic heterocycles. The highest BCUT2D eigenvalue weighted by Crippen LogP contribution is 2.29. The number of nitrogens with two attached hydrogens (primary N) is 1. The molecule has 0 saturated heterocycles. The van der Waals surface area contributed by atoms with Crippen molar-refractivity contribution in [2.24, 2.45) is 5.73 Å². The van der Waals surface area contributed by atoms with E-state index in [1.54, 1.807) is 17.4 Å². The molecular weight excluding hydrogens is 178 g/mol. The molecule has 0 unspecified atom stereocenters. The van der Waals surface area contributed by atoms with Gasteiger partial charge in [-0.05, 0) is 22.4 Å². The summed E-state index contributed by atoms with van der Waals surface area (Å²) in [6, 6.07) is 8.25. The minimum absolute atomic E-state index is 0.0452. The van der Waals surface area contributed by atoms with Crippen LogP contribution in [0.5, 0.6) is 0 Å². The summed E-state index contributed by atoms with van der Waals surface area (Å²) in [6.07, 6.45) is 1.77. The Morgan fingerprint density at radius 3 is 2.92 bits per heavy atom. The Balaban J connectivity index is 2.64. The number of hydrogen-bond donors (Lipinski definition) is 1. The van der Waals surface area contributed by atoms with Crippen LogP contribution in [0.3, 0.4) is 0 Å². The van der Waals surface area contributed by atoms with Gasteiger partial charge in [0.2, 0.25) is 0 Å². The van der Waals surface area contributed by atoms with Crippen molar-refractivity contribution < 1.29 is 0 Å². The molecule has 1 atom stereocenters. The van der Waals surface area contributed by atoms with Crippen molar-refractivity contribution in [2.75, 3.05) is 0 Å². The van der Waals surface area contributed by atoms with E-state index in [0.29, 0.717) is 0 Å². The zero-order valence-corrected chi connectivity index (χ0v) is 8.05. The third-order valence-electron chi connectivity index (χ3n) is 2.12. The molecule has 2 rings (SSSR count). The summed E-state index contributed by atoms with van der Waals surface area (Å²) < 4.78 is 1.29. The Morgan fingerprint density at radius 2 is 2.15 bits per heavy atom. The molecule has 1 nitrogen and oxygen atoms in total. The van der Waals surface area contributed by atoms with Crippen molar-refractivity contribution in [1.82, 2.24) is 0 Å². The zero-order valence-electron chi connectivity index (χ0n) is 7.23. The van der Waals surface area contributed by atoms with Crippen molar-refractivity contribution in [3.05, 3.63) is 47.9 Å². The first-order valence-electron chi connectivity index (χ1n) is 4.17. The van der Waals surface area contributed by atoms with E-state index in [0.717, 1.165) is 0 Å². The minimum atomic E-state index is -0.0452. The molecule has 0 fully saturated rings. The Morgan fingerprint density at radius 1 is 1.38 bits per heavy atom. The molecule has 1 aromatic heterocycles. The van der Waals surface area contributed by atoms with Crippen LogP contribution in [-0.4, -0.2) is 0 Å². The first-order chi connectivity index (χ1) is 6.33. The number of hydrogen-bond acceptors (Lipinski definition) is 2. The van der Waals surface area contributed by atoms with Gasteiger partial charge in [0.05, 0.1) is 0 Å². The van der Waals surface area contributed by atoms with Gasteiger partial charge in [0, 0.05) is 10.7 Å². The van der Waals surface area contributed by atoms with E-state index in [1.165, 1.54) is 15.6 Å². The van der Waals surface area contributed by atoms with Gasteiger partial charge in [-0.25, -0.2) is 0 Å². The first-order valence-corrected chi connectivity index (χ1v) is 5.05. The van der Waals surface area contributed by atoms with Crippen molar-refractivity contribution >= 4 is 21.4 Å². The highest BCUT2D eigenvalue weighted by Gasteiger charge is 2.07. The average Bonchev–Trinajstić information content (AvgIpc) is 2.60. The first kappa shape index (κ1) is 8.48. The van der Waals surface area contributed by atoms with Crippen LogP contribution in [0.4, 0.5) is 0 Å². The topological polar surface area (TPSA) is 26.0 Å². The lowest BCUT2D eigenvalue weighted by Gasteiger charge is -2.03. The summed E-state index contributed by atoms with van der Waals surface area (Å²) in [7, 11) is 0. The number of rotatable bonds is 2. The molecule has 2 heteroatoms. The van der Waals surface area contributed by atoms with Crippen LogP contribution < -0.4 is 5.73 Å². The molecule has 13 heavy (non-hydrogen) atoms. The molecular formula is C11H11NS. The molecule has 1 heterocycles. The highest BCUT2D eigenvalue weighted by molar-refractivity contribution is 7.17. The maximum Gasteiger partial charge on any atom is 0.0493 e. The molecule has 2 N–H and O–H groups in total. The van der Waals surface area contributed by atoms with Crippen molar-refractivity contribution in [2.45, 2.75) is 6.04 Å². The normalized spacial score (nSPS) is 13.0. The fourth-order valence-electron chi connectivity index (χ4n) is 1.38. The summed E-state index contributed by atoms with van der Waals surface area (Å²) in [4.78, 5) is 0. The second kappa shape index (κ2) is 3.32. The molecule has 2 aromatic rings. The van der Waals surface area contributed by atoms with E-state index >= 15 is 0 Å². The summed E-state index contributed by atoms with van der Waals surface area (Å²) in [6.45, 7) is 3.70. The van der Waals surface area contributed by atoms with Gasteiger partial charge in [0.25, 0.3) is 0 Å². The second-order valence-corrected chi connectivity index (χ2v) is 3.86. The van der Waals surface area contributed by atoms with E-state index in [-0.39, 0.29) is 6.04 Å². The maximum absolute atomic E-state index is 5.89. The third kappa shape index (κ3) is 1.39. The quantitative estimate of drug-likeness (QED) is 0.722. The zero-order chi connectivity index (χ0) is 9.26. The highest BCUT2D eigenvalue weighted by atomic mass is 32.1. The second-order valence-electron chi connectivity index (χ2n) is 2.95. The van der Waals surface area contributed by atoms with E-state index in [2.05, 4.69) is 24.1 Å². The van der Waals surface area contributed by atoms with Gasteiger partial charge in [0.1, 0.15) is 0 Å². The van der Waals surface area contributed by atoms with Crippen molar-refractivity contribution in [3.8, 4) is 0 Å². The summed E-state index contributed by atoms with van der Waals surface area (Å²) >= 11 is 1.73. The number of fused-ring (bicyclic) bond motifs is 1.